The van der Waals surface area contributed by atoms with Crippen LogP contribution in [0.2, 0.25) is 0 Å². The molecule has 0 N–H and O–H groups in total. The Morgan fingerprint density at radius 2 is 2.00 bits per heavy atom. The third-order valence-corrected chi connectivity index (χ3v) is 5.54. The van der Waals surface area contributed by atoms with E-state index in [0.29, 0.717) is 11.7 Å². The Labute approximate surface area is 108 Å². The van der Waals surface area contributed by atoms with E-state index in [1.54, 1.807) is 6.92 Å². The Hall–Kier alpha value is -1.37. The van der Waals surface area contributed by atoms with Gasteiger partial charge in [-0.2, -0.15) is 0 Å². The van der Waals surface area contributed by atoms with Crippen LogP contribution in [0.15, 0.2) is 42.0 Å². The third kappa shape index (κ3) is 1.10. The molecule has 1 heteroatoms. The van der Waals surface area contributed by atoms with Gasteiger partial charge in [-0.3, -0.25) is 4.79 Å². The Morgan fingerprint density at radius 3 is 2.67 bits per heavy atom. The van der Waals surface area contributed by atoms with Crippen molar-refractivity contribution in [2.75, 3.05) is 0 Å². The first kappa shape index (κ1) is 10.5. The molecule has 2 saturated carbocycles. The van der Waals surface area contributed by atoms with Crippen LogP contribution in [0, 0.1) is 11.3 Å². The minimum atomic E-state index is -0.0846. The summed E-state index contributed by atoms with van der Waals surface area (Å²) in [6.07, 6.45) is 6.92. The first-order valence-electron chi connectivity index (χ1n) is 6.92. The van der Waals surface area contributed by atoms with Crippen molar-refractivity contribution >= 4 is 5.78 Å². The summed E-state index contributed by atoms with van der Waals surface area (Å²) >= 11 is 0. The van der Waals surface area contributed by atoms with Gasteiger partial charge in [0.05, 0.1) is 5.41 Å². The van der Waals surface area contributed by atoms with E-state index >= 15 is 0 Å². The average molecular weight is 238 g/mol. The molecule has 0 aliphatic heterocycles. The van der Waals surface area contributed by atoms with Crippen LogP contribution in [0.1, 0.15) is 38.2 Å². The highest BCUT2D eigenvalue weighted by atomic mass is 16.1. The molecule has 18 heavy (non-hydrogen) atoms. The van der Waals surface area contributed by atoms with Crippen molar-refractivity contribution in [3.05, 3.63) is 47.5 Å². The van der Waals surface area contributed by atoms with E-state index in [0.717, 1.165) is 19.3 Å². The first-order valence-corrected chi connectivity index (χ1v) is 6.92. The van der Waals surface area contributed by atoms with Crippen LogP contribution in [0.4, 0.5) is 0 Å². The summed E-state index contributed by atoms with van der Waals surface area (Å²) in [4.78, 5) is 12.1. The van der Waals surface area contributed by atoms with Gasteiger partial charge in [0.1, 0.15) is 5.78 Å². The smallest absolute Gasteiger partial charge is 0.140 e. The van der Waals surface area contributed by atoms with Crippen LogP contribution >= 0.6 is 0 Å². The van der Waals surface area contributed by atoms with Gasteiger partial charge in [-0.15, -0.1) is 0 Å². The molecule has 4 aliphatic rings. The molecule has 0 amide bonds. The number of rotatable bonds is 2. The van der Waals surface area contributed by atoms with E-state index in [-0.39, 0.29) is 10.8 Å². The van der Waals surface area contributed by atoms with Gasteiger partial charge in [0.15, 0.2) is 0 Å². The Morgan fingerprint density at radius 1 is 1.22 bits per heavy atom. The van der Waals surface area contributed by atoms with Gasteiger partial charge in [0, 0.05) is 5.41 Å². The molecule has 3 unspecified atom stereocenters. The van der Waals surface area contributed by atoms with E-state index in [1.165, 1.54) is 17.6 Å². The largest absolute Gasteiger partial charge is 0.299 e. The lowest BCUT2D eigenvalue weighted by Crippen LogP contribution is -2.36. The Bertz CT molecular complexity index is 556. The molecular formula is C17H18O. The maximum atomic E-state index is 12.1. The number of carbonyl (C=O) groups excluding carboxylic acids is 1. The number of allylic oxidation sites excluding steroid dienone is 2. The standard InChI is InChI=1S/C17H18O/c1-12(18)17-9-13-7-15(17)10-16(8-13,11-17)14-5-3-2-4-6-14/h2-7,13H,8-11H2,1H3. The summed E-state index contributed by atoms with van der Waals surface area (Å²) in [6.45, 7) is 1.79. The predicted octanol–water partition coefficient (Wildman–Crippen LogP) is 3.64. The van der Waals surface area contributed by atoms with Crippen LogP contribution in [-0.2, 0) is 10.2 Å². The lowest BCUT2D eigenvalue weighted by Gasteiger charge is -2.40. The molecule has 3 atom stereocenters. The summed E-state index contributed by atoms with van der Waals surface area (Å²) in [5.74, 6) is 1.04. The first-order chi connectivity index (χ1) is 8.65. The maximum absolute atomic E-state index is 12.1. The molecular weight excluding hydrogens is 220 g/mol. The van der Waals surface area contributed by atoms with Gasteiger partial charge in [-0.1, -0.05) is 42.0 Å². The number of benzene rings is 1. The van der Waals surface area contributed by atoms with E-state index in [4.69, 9.17) is 0 Å². The van der Waals surface area contributed by atoms with Gasteiger partial charge in [0.25, 0.3) is 0 Å². The van der Waals surface area contributed by atoms with E-state index in [1.807, 2.05) is 0 Å². The summed E-state index contributed by atoms with van der Waals surface area (Å²) in [5.41, 5.74) is 3.08. The maximum Gasteiger partial charge on any atom is 0.140 e. The number of carbonyl (C=O) groups is 1. The predicted molar refractivity (Wildman–Crippen MR) is 71.3 cm³/mol. The van der Waals surface area contributed by atoms with Crippen molar-refractivity contribution in [3.63, 3.8) is 0 Å². The molecule has 1 aromatic carbocycles. The highest BCUT2D eigenvalue weighted by Crippen LogP contribution is 2.68. The minimum absolute atomic E-state index is 0.0846. The molecule has 2 fully saturated rings. The molecule has 0 radical (unpaired) electrons. The van der Waals surface area contributed by atoms with Crippen molar-refractivity contribution < 1.29 is 4.79 Å². The fourth-order valence-corrected chi connectivity index (χ4v) is 4.89. The molecule has 0 aromatic heterocycles. The van der Waals surface area contributed by atoms with Crippen LogP contribution in [0.5, 0.6) is 0 Å². The average Bonchev–Trinajstić information content (AvgIpc) is 2.76. The lowest BCUT2D eigenvalue weighted by atomic mass is 9.63. The Kier molecular flexibility index (Phi) is 1.84. The zero-order valence-corrected chi connectivity index (χ0v) is 10.8. The van der Waals surface area contributed by atoms with Crippen molar-refractivity contribution in [2.45, 2.75) is 38.0 Å². The van der Waals surface area contributed by atoms with Crippen molar-refractivity contribution in [2.24, 2.45) is 11.3 Å². The van der Waals surface area contributed by atoms with Crippen LogP contribution < -0.4 is 0 Å². The second kappa shape index (κ2) is 3.14. The summed E-state index contributed by atoms with van der Waals surface area (Å²) in [7, 11) is 0. The van der Waals surface area contributed by atoms with Crippen molar-refractivity contribution in [1.82, 2.24) is 0 Å². The quantitative estimate of drug-likeness (QED) is 0.719. The molecule has 1 nitrogen and oxygen atoms in total. The van der Waals surface area contributed by atoms with Crippen LogP contribution in [0.3, 0.4) is 0 Å². The van der Waals surface area contributed by atoms with Crippen molar-refractivity contribution in [3.8, 4) is 0 Å². The molecule has 0 saturated heterocycles. The summed E-state index contributed by atoms with van der Waals surface area (Å²) < 4.78 is 0. The molecule has 4 bridgehead atoms. The molecule has 4 aliphatic carbocycles. The lowest BCUT2D eigenvalue weighted by molar-refractivity contribution is -0.125. The van der Waals surface area contributed by atoms with E-state index in [9.17, 15) is 4.79 Å². The number of ketones is 1. The number of Topliss-reactive ketones (excluding diaryl/α,β-unsaturated/α-hetero) is 1. The summed E-state index contributed by atoms with van der Waals surface area (Å²) in [5, 5.41) is 0. The van der Waals surface area contributed by atoms with Crippen LogP contribution in [0.25, 0.3) is 0 Å². The monoisotopic (exact) mass is 238 g/mol. The fourth-order valence-electron chi connectivity index (χ4n) is 4.89. The zero-order valence-electron chi connectivity index (χ0n) is 10.8. The number of hydrogen-bond acceptors (Lipinski definition) is 1. The molecule has 5 rings (SSSR count). The minimum Gasteiger partial charge on any atom is -0.299 e. The topological polar surface area (TPSA) is 17.1 Å². The van der Waals surface area contributed by atoms with E-state index < -0.39 is 0 Å². The molecule has 92 valence electrons. The van der Waals surface area contributed by atoms with Gasteiger partial charge >= 0.3 is 0 Å². The second-order valence-corrected chi connectivity index (χ2v) is 6.50. The SMILES string of the molecule is CC(=O)C12CC3C=C1CC(c1ccccc1)(C3)C2. The van der Waals surface area contributed by atoms with Gasteiger partial charge in [-0.05, 0) is 44.1 Å². The second-order valence-electron chi connectivity index (χ2n) is 6.50. The highest BCUT2D eigenvalue weighted by molar-refractivity contribution is 5.88. The molecule has 0 spiro atoms. The van der Waals surface area contributed by atoms with Crippen LogP contribution in [-0.4, -0.2) is 5.78 Å². The van der Waals surface area contributed by atoms with E-state index in [2.05, 4.69) is 36.4 Å². The normalized spacial score (nSPS) is 40.1. The van der Waals surface area contributed by atoms with Gasteiger partial charge in [-0.25, -0.2) is 0 Å². The molecule has 1 aromatic rings. The fraction of sp³-hybridized carbons (Fsp3) is 0.471. The Balaban J connectivity index is 1.84. The summed E-state index contributed by atoms with van der Waals surface area (Å²) in [6, 6.07) is 10.8. The number of hydrogen-bond donors (Lipinski definition) is 0. The van der Waals surface area contributed by atoms with Gasteiger partial charge in [0.2, 0.25) is 0 Å². The molecule has 0 heterocycles. The highest BCUT2D eigenvalue weighted by Gasteiger charge is 2.62. The zero-order chi connectivity index (χ0) is 12.4. The van der Waals surface area contributed by atoms with Gasteiger partial charge < -0.3 is 0 Å². The third-order valence-electron chi connectivity index (χ3n) is 5.54. The van der Waals surface area contributed by atoms with Crippen molar-refractivity contribution in [1.29, 1.82) is 0 Å².